The van der Waals surface area contributed by atoms with Gasteiger partial charge in [-0.25, -0.2) is 0 Å². The molecule has 0 spiro atoms. The maximum Gasteiger partial charge on any atom is 0.118 e. The average molecular weight is 225 g/mol. The fourth-order valence-corrected chi connectivity index (χ4v) is 1.95. The molecule has 0 aliphatic rings. The number of hydrogen-bond donors (Lipinski definition) is 2. The molecule has 1 aromatic rings. The Labute approximate surface area is 96.1 Å². The van der Waals surface area contributed by atoms with Gasteiger partial charge in [-0.2, -0.15) is 11.8 Å². The molecule has 0 radical (unpaired) electrons. The normalized spacial score (nSPS) is 10.3. The van der Waals surface area contributed by atoms with E-state index in [1.807, 2.05) is 30.8 Å². The number of benzene rings is 1. The van der Waals surface area contributed by atoms with Gasteiger partial charge in [-0.1, -0.05) is 6.92 Å². The largest absolute Gasteiger partial charge is 0.508 e. The average Bonchev–Trinajstić information content (AvgIpc) is 2.23. The number of phenolic OH excluding ortho intramolecular Hbond substituents is 1. The van der Waals surface area contributed by atoms with Crippen molar-refractivity contribution < 1.29 is 5.11 Å². The van der Waals surface area contributed by atoms with Crippen molar-refractivity contribution in [3.63, 3.8) is 0 Å². The lowest BCUT2D eigenvalue weighted by Gasteiger charge is -2.07. The quantitative estimate of drug-likeness (QED) is 0.576. The van der Waals surface area contributed by atoms with Crippen LogP contribution in [0.5, 0.6) is 5.75 Å². The van der Waals surface area contributed by atoms with Gasteiger partial charge in [0.15, 0.2) is 0 Å². The number of phenols is 1. The van der Waals surface area contributed by atoms with Crippen LogP contribution in [-0.2, 0) is 0 Å². The molecule has 0 saturated carbocycles. The Morgan fingerprint density at radius 2 is 2.20 bits per heavy atom. The lowest BCUT2D eigenvalue weighted by molar-refractivity contribution is 0.471. The van der Waals surface area contributed by atoms with Crippen molar-refractivity contribution in [1.29, 1.82) is 0 Å². The molecule has 1 aromatic carbocycles. The smallest absolute Gasteiger partial charge is 0.118 e. The van der Waals surface area contributed by atoms with E-state index in [1.165, 1.54) is 17.9 Å². The van der Waals surface area contributed by atoms with Crippen LogP contribution in [0.2, 0.25) is 0 Å². The zero-order valence-corrected chi connectivity index (χ0v) is 10.2. The van der Waals surface area contributed by atoms with Gasteiger partial charge in [-0.15, -0.1) is 0 Å². The number of aryl methyl sites for hydroxylation is 1. The summed E-state index contributed by atoms with van der Waals surface area (Å²) in [4.78, 5) is 0. The first-order chi connectivity index (χ1) is 7.24. The number of thioether (sulfide) groups is 1. The molecule has 2 N–H and O–H groups in total. The Bertz CT molecular complexity index is 302. The Kier molecular flexibility index (Phi) is 5.40. The van der Waals surface area contributed by atoms with E-state index in [9.17, 15) is 5.11 Å². The standard InChI is InChI=1S/C12H19NOS/c1-3-15-8-4-7-13-11-5-6-12(14)10(2)9-11/h5-6,9,13-14H,3-4,7-8H2,1-2H3. The van der Waals surface area contributed by atoms with Crippen LogP contribution in [0.1, 0.15) is 18.9 Å². The van der Waals surface area contributed by atoms with Gasteiger partial charge in [-0.3, -0.25) is 0 Å². The second-order valence-electron chi connectivity index (χ2n) is 3.48. The minimum Gasteiger partial charge on any atom is -0.508 e. The van der Waals surface area contributed by atoms with Crippen LogP contribution >= 0.6 is 11.8 Å². The van der Waals surface area contributed by atoms with E-state index < -0.39 is 0 Å². The molecule has 0 amide bonds. The van der Waals surface area contributed by atoms with Crippen molar-refractivity contribution in [1.82, 2.24) is 0 Å². The highest BCUT2D eigenvalue weighted by Gasteiger charge is 1.97. The summed E-state index contributed by atoms with van der Waals surface area (Å²) in [6, 6.07) is 5.62. The third-order valence-corrected chi connectivity index (χ3v) is 3.18. The van der Waals surface area contributed by atoms with E-state index in [1.54, 1.807) is 6.07 Å². The first-order valence-electron chi connectivity index (χ1n) is 5.35. The molecule has 0 heterocycles. The first-order valence-corrected chi connectivity index (χ1v) is 6.50. The molecule has 2 nitrogen and oxygen atoms in total. The molecule has 0 fully saturated rings. The SMILES string of the molecule is CCSCCCNc1ccc(O)c(C)c1. The monoisotopic (exact) mass is 225 g/mol. The van der Waals surface area contributed by atoms with Crippen LogP contribution < -0.4 is 5.32 Å². The summed E-state index contributed by atoms with van der Waals surface area (Å²) in [7, 11) is 0. The van der Waals surface area contributed by atoms with Gasteiger partial charge in [0.25, 0.3) is 0 Å². The third-order valence-electron chi connectivity index (χ3n) is 2.20. The molecule has 15 heavy (non-hydrogen) atoms. The summed E-state index contributed by atoms with van der Waals surface area (Å²) in [5, 5.41) is 12.7. The van der Waals surface area contributed by atoms with Crippen molar-refractivity contribution in [2.45, 2.75) is 20.3 Å². The molecule has 0 aromatic heterocycles. The predicted octanol–water partition coefficient (Wildman–Crippen LogP) is 3.26. The van der Waals surface area contributed by atoms with Crippen molar-refractivity contribution in [3.05, 3.63) is 23.8 Å². The van der Waals surface area contributed by atoms with E-state index in [0.717, 1.165) is 17.8 Å². The van der Waals surface area contributed by atoms with Gasteiger partial charge in [0, 0.05) is 12.2 Å². The molecule has 0 bridgehead atoms. The molecular formula is C12H19NOS. The van der Waals surface area contributed by atoms with Crippen LogP contribution in [0.25, 0.3) is 0 Å². The van der Waals surface area contributed by atoms with Crippen LogP contribution in [0.4, 0.5) is 5.69 Å². The maximum absolute atomic E-state index is 9.35. The van der Waals surface area contributed by atoms with E-state index in [4.69, 9.17) is 0 Å². The minimum atomic E-state index is 0.363. The molecule has 0 atom stereocenters. The van der Waals surface area contributed by atoms with Crippen LogP contribution in [-0.4, -0.2) is 23.2 Å². The summed E-state index contributed by atoms with van der Waals surface area (Å²) in [6.45, 7) is 5.09. The number of aromatic hydroxyl groups is 1. The van der Waals surface area contributed by atoms with E-state index in [0.29, 0.717) is 5.75 Å². The summed E-state index contributed by atoms with van der Waals surface area (Å²) >= 11 is 1.97. The highest BCUT2D eigenvalue weighted by atomic mass is 32.2. The molecule has 0 aliphatic heterocycles. The van der Waals surface area contributed by atoms with E-state index in [2.05, 4.69) is 12.2 Å². The van der Waals surface area contributed by atoms with Crippen molar-refractivity contribution in [3.8, 4) is 5.75 Å². The second-order valence-corrected chi connectivity index (χ2v) is 4.87. The predicted molar refractivity (Wildman–Crippen MR) is 68.9 cm³/mol. The Balaban J connectivity index is 2.28. The Morgan fingerprint density at radius 1 is 1.40 bits per heavy atom. The zero-order chi connectivity index (χ0) is 11.1. The molecular weight excluding hydrogens is 206 g/mol. The van der Waals surface area contributed by atoms with E-state index in [-0.39, 0.29) is 0 Å². The number of hydrogen-bond acceptors (Lipinski definition) is 3. The first kappa shape index (κ1) is 12.2. The number of nitrogens with one attached hydrogen (secondary N) is 1. The molecule has 84 valence electrons. The van der Waals surface area contributed by atoms with Gasteiger partial charge in [0.05, 0.1) is 0 Å². The number of anilines is 1. The topological polar surface area (TPSA) is 32.3 Å². The summed E-state index contributed by atoms with van der Waals surface area (Å²) < 4.78 is 0. The highest BCUT2D eigenvalue weighted by Crippen LogP contribution is 2.19. The lowest BCUT2D eigenvalue weighted by Crippen LogP contribution is -2.02. The van der Waals surface area contributed by atoms with Gasteiger partial charge in [0.1, 0.15) is 5.75 Å². The molecule has 0 unspecified atom stereocenters. The molecule has 0 saturated heterocycles. The van der Waals surface area contributed by atoms with Gasteiger partial charge in [0.2, 0.25) is 0 Å². The Hall–Kier alpha value is -0.830. The van der Waals surface area contributed by atoms with Crippen molar-refractivity contribution in [2.24, 2.45) is 0 Å². The molecule has 3 heteroatoms. The highest BCUT2D eigenvalue weighted by molar-refractivity contribution is 7.99. The summed E-state index contributed by atoms with van der Waals surface area (Å²) in [5.74, 6) is 2.76. The number of rotatable bonds is 6. The molecule has 1 rings (SSSR count). The summed E-state index contributed by atoms with van der Waals surface area (Å²) in [6.07, 6.45) is 1.18. The van der Waals surface area contributed by atoms with Crippen LogP contribution in [0.3, 0.4) is 0 Å². The van der Waals surface area contributed by atoms with Gasteiger partial charge < -0.3 is 10.4 Å². The third kappa shape index (κ3) is 4.47. The van der Waals surface area contributed by atoms with Crippen LogP contribution in [0.15, 0.2) is 18.2 Å². The maximum atomic E-state index is 9.35. The fourth-order valence-electron chi connectivity index (χ4n) is 1.32. The van der Waals surface area contributed by atoms with Crippen molar-refractivity contribution >= 4 is 17.4 Å². The van der Waals surface area contributed by atoms with Gasteiger partial charge in [-0.05, 0) is 48.6 Å². The fraction of sp³-hybridized carbons (Fsp3) is 0.500. The van der Waals surface area contributed by atoms with Crippen molar-refractivity contribution in [2.75, 3.05) is 23.4 Å². The second kappa shape index (κ2) is 6.62. The minimum absolute atomic E-state index is 0.363. The van der Waals surface area contributed by atoms with E-state index >= 15 is 0 Å². The zero-order valence-electron chi connectivity index (χ0n) is 9.42. The Morgan fingerprint density at radius 3 is 2.87 bits per heavy atom. The molecule has 0 aliphatic carbocycles. The lowest BCUT2D eigenvalue weighted by atomic mass is 10.2. The summed E-state index contributed by atoms with van der Waals surface area (Å²) in [5.41, 5.74) is 2.01. The van der Waals surface area contributed by atoms with Crippen LogP contribution in [0, 0.1) is 6.92 Å². The van der Waals surface area contributed by atoms with Gasteiger partial charge >= 0.3 is 0 Å².